The van der Waals surface area contributed by atoms with Crippen LogP contribution >= 0.6 is 15.9 Å². The molecular formula is C17H28BrNO2. The molecule has 2 unspecified atom stereocenters. The van der Waals surface area contributed by atoms with Crippen LogP contribution in [0.1, 0.15) is 39.2 Å². The van der Waals surface area contributed by atoms with Crippen molar-refractivity contribution >= 4 is 15.9 Å². The number of hydrogen-bond donors (Lipinski definition) is 1. The Bertz CT molecular complexity index is 449. The summed E-state index contributed by atoms with van der Waals surface area (Å²) in [6.45, 7) is 11.0. The van der Waals surface area contributed by atoms with E-state index in [4.69, 9.17) is 9.47 Å². The summed E-state index contributed by atoms with van der Waals surface area (Å²) in [6.07, 6.45) is 0. The molecule has 0 fully saturated rings. The third-order valence-electron chi connectivity index (χ3n) is 3.88. The lowest BCUT2D eigenvalue weighted by Crippen LogP contribution is -2.27. The van der Waals surface area contributed by atoms with Gasteiger partial charge in [0.1, 0.15) is 16.0 Å². The molecule has 1 N–H and O–H groups in total. The van der Waals surface area contributed by atoms with Crippen molar-refractivity contribution in [2.45, 2.75) is 33.6 Å². The first-order valence-electron chi connectivity index (χ1n) is 7.53. The van der Waals surface area contributed by atoms with E-state index in [0.29, 0.717) is 17.8 Å². The maximum absolute atomic E-state index is 5.59. The van der Waals surface area contributed by atoms with Gasteiger partial charge in [0.05, 0.1) is 14.2 Å². The van der Waals surface area contributed by atoms with Crippen LogP contribution in [0.25, 0.3) is 0 Å². The molecule has 1 rings (SSSR count). The lowest BCUT2D eigenvalue weighted by Gasteiger charge is -2.24. The predicted molar refractivity (Wildman–Crippen MR) is 92.5 cm³/mol. The fourth-order valence-electron chi connectivity index (χ4n) is 2.36. The van der Waals surface area contributed by atoms with Gasteiger partial charge in [-0.15, -0.1) is 0 Å². The molecule has 0 saturated carbocycles. The van der Waals surface area contributed by atoms with Gasteiger partial charge in [0, 0.05) is 0 Å². The average Bonchev–Trinajstić information content (AvgIpc) is 2.45. The molecule has 1 aromatic rings. The molecule has 0 radical (unpaired) electrons. The van der Waals surface area contributed by atoms with E-state index in [1.165, 1.54) is 5.56 Å². The normalized spacial score (nSPS) is 14.1. The highest BCUT2D eigenvalue weighted by molar-refractivity contribution is 9.10. The van der Waals surface area contributed by atoms with Crippen LogP contribution in [0, 0.1) is 11.8 Å². The van der Waals surface area contributed by atoms with Crippen molar-refractivity contribution in [3.63, 3.8) is 0 Å². The van der Waals surface area contributed by atoms with Crippen molar-refractivity contribution in [3.05, 3.63) is 22.2 Å². The van der Waals surface area contributed by atoms with Crippen LogP contribution in [-0.4, -0.2) is 27.3 Å². The van der Waals surface area contributed by atoms with Gasteiger partial charge in [-0.05, 0) is 58.4 Å². The number of ether oxygens (including phenoxy) is 2. The molecule has 0 amide bonds. The zero-order valence-corrected chi connectivity index (χ0v) is 15.6. The summed E-state index contributed by atoms with van der Waals surface area (Å²) < 4.78 is 11.8. The topological polar surface area (TPSA) is 30.5 Å². The number of rotatable bonds is 8. The second kappa shape index (κ2) is 8.64. The summed E-state index contributed by atoms with van der Waals surface area (Å²) in [5.74, 6) is 3.28. The van der Waals surface area contributed by atoms with E-state index in [0.717, 1.165) is 29.1 Å². The number of benzene rings is 1. The minimum atomic E-state index is 0.404. The van der Waals surface area contributed by atoms with Crippen molar-refractivity contribution < 1.29 is 9.47 Å². The Labute approximate surface area is 137 Å². The van der Waals surface area contributed by atoms with Crippen LogP contribution in [0.3, 0.4) is 0 Å². The molecule has 0 aliphatic carbocycles. The second-order valence-corrected chi connectivity index (χ2v) is 6.82. The first-order valence-corrected chi connectivity index (χ1v) is 8.32. The Balaban J connectivity index is 2.86. The van der Waals surface area contributed by atoms with Crippen molar-refractivity contribution in [1.82, 2.24) is 5.32 Å². The molecule has 0 heterocycles. The van der Waals surface area contributed by atoms with Gasteiger partial charge in [0.2, 0.25) is 0 Å². The average molecular weight is 358 g/mol. The molecule has 2 atom stereocenters. The third kappa shape index (κ3) is 4.89. The van der Waals surface area contributed by atoms with E-state index in [1.807, 2.05) is 6.07 Å². The molecule has 0 bridgehead atoms. The van der Waals surface area contributed by atoms with Gasteiger partial charge < -0.3 is 14.8 Å². The number of nitrogens with one attached hydrogen (secondary N) is 1. The highest BCUT2D eigenvalue weighted by Gasteiger charge is 2.21. The minimum absolute atomic E-state index is 0.404. The minimum Gasteiger partial charge on any atom is -0.495 e. The first-order chi connectivity index (χ1) is 9.92. The zero-order chi connectivity index (χ0) is 16.0. The van der Waals surface area contributed by atoms with Crippen molar-refractivity contribution in [2.75, 3.05) is 27.3 Å². The summed E-state index contributed by atoms with van der Waals surface area (Å²) in [5.41, 5.74) is 1.21. The molecule has 0 aliphatic heterocycles. The number of methoxy groups -OCH3 is 2. The Morgan fingerprint density at radius 3 is 2.24 bits per heavy atom. The molecule has 3 nitrogen and oxygen atoms in total. The maximum Gasteiger partial charge on any atom is 0.140 e. The van der Waals surface area contributed by atoms with Gasteiger partial charge in [-0.2, -0.15) is 0 Å². The molecule has 1 aromatic carbocycles. The lowest BCUT2D eigenvalue weighted by molar-refractivity contribution is 0.372. The fraction of sp³-hybridized carbons (Fsp3) is 0.647. The Morgan fingerprint density at radius 2 is 1.71 bits per heavy atom. The molecule has 120 valence electrons. The smallest absolute Gasteiger partial charge is 0.140 e. The van der Waals surface area contributed by atoms with Crippen LogP contribution in [-0.2, 0) is 0 Å². The van der Waals surface area contributed by atoms with Crippen LogP contribution in [0.4, 0.5) is 0 Å². The van der Waals surface area contributed by atoms with E-state index in [-0.39, 0.29) is 0 Å². The van der Waals surface area contributed by atoms with E-state index in [9.17, 15) is 0 Å². The van der Waals surface area contributed by atoms with Crippen molar-refractivity contribution in [2.24, 2.45) is 11.8 Å². The van der Waals surface area contributed by atoms with Gasteiger partial charge in [-0.1, -0.05) is 33.8 Å². The van der Waals surface area contributed by atoms with Crippen molar-refractivity contribution in [3.8, 4) is 11.5 Å². The van der Waals surface area contributed by atoms with Crippen LogP contribution in [0.5, 0.6) is 11.5 Å². The Morgan fingerprint density at radius 1 is 1.05 bits per heavy atom. The molecular weight excluding hydrogens is 330 g/mol. The van der Waals surface area contributed by atoms with E-state index in [1.54, 1.807) is 14.2 Å². The van der Waals surface area contributed by atoms with E-state index < -0.39 is 0 Å². The number of hydrogen-bond acceptors (Lipinski definition) is 3. The standard InChI is InChI=1S/C17H28BrNO2/c1-11(2)9-19-10-12(3)13(4)14-7-8-15(20-5)16(18)17(14)21-6/h7-8,11-13,19H,9-10H2,1-6H3. The molecule has 21 heavy (non-hydrogen) atoms. The summed E-state index contributed by atoms with van der Waals surface area (Å²) in [7, 11) is 3.37. The number of halogens is 1. The highest BCUT2D eigenvalue weighted by Crippen LogP contribution is 2.41. The van der Waals surface area contributed by atoms with Gasteiger partial charge in [-0.25, -0.2) is 0 Å². The fourth-order valence-corrected chi connectivity index (χ4v) is 3.04. The van der Waals surface area contributed by atoms with Crippen LogP contribution in [0.2, 0.25) is 0 Å². The van der Waals surface area contributed by atoms with E-state index in [2.05, 4.69) is 55.0 Å². The molecule has 4 heteroatoms. The summed E-state index contributed by atoms with van der Waals surface area (Å²) in [4.78, 5) is 0. The summed E-state index contributed by atoms with van der Waals surface area (Å²) >= 11 is 3.58. The van der Waals surface area contributed by atoms with Gasteiger partial charge in [-0.3, -0.25) is 0 Å². The molecule has 0 aromatic heterocycles. The molecule has 0 spiro atoms. The van der Waals surface area contributed by atoms with Gasteiger partial charge >= 0.3 is 0 Å². The predicted octanol–water partition coefficient (Wildman–Crippen LogP) is 4.45. The highest BCUT2D eigenvalue weighted by atomic mass is 79.9. The first kappa shape index (κ1) is 18.3. The quantitative estimate of drug-likeness (QED) is 0.745. The molecule has 0 aliphatic rings. The van der Waals surface area contributed by atoms with Crippen molar-refractivity contribution in [1.29, 1.82) is 0 Å². The second-order valence-electron chi connectivity index (χ2n) is 6.02. The maximum atomic E-state index is 5.59. The largest absolute Gasteiger partial charge is 0.495 e. The van der Waals surface area contributed by atoms with Gasteiger partial charge in [0.15, 0.2) is 0 Å². The lowest BCUT2D eigenvalue weighted by atomic mass is 9.88. The van der Waals surface area contributed by atoms with Gasteiger partial charge in [0.25, 0.3) is 0 Å². The van der Waals surface area contributed by atoms with Crippen LogP contribution in [0.15, 0.2) is 16.6 Å². The summed E-state index contributed by atoms with van der Waals surface area (Å²) in [5, 5.41) is 3.53. The summed E-state index contributed by atoms with van der Waals surface area (Å²) in [6, 6.07) is 4.10. The van der Waals surface area contributed by atoms with Crippen LogP contribution < -0.4 is 14.8 Å². The third-order valence-corrected chi connectivity index (χ3v) is 4.63. The SMILES string of the molecule is COc1ccc(C(C)C(C)CNCC(C)C)c(OC)c1Br. The monoisotopic (exact) mass is 357 g/mol. The Hall–Kier alpha value is -0.740. The Kier molecular flexibility index (Phi) is 7.53. The van der Waals surface area contributed by atoms with E-state index >= 15 is 0 Å². The molecule has 0 saturated heterocycles. The zero-order valence-electron chi connectivity index (χ0n) is 14.0.